The predicted molar refractivity (Wildman–Crippen MR) is 77.1 cm³/mol. The van der Waals surface area contributed by atoms with Crippen LogP contribution < -0.4 is 0 Å². The highest BCUT2D eigenvalue weighted by Crippen LogP contribution is 2.35. The normalized spacial score (nSPS) is 25.2. The Balaban J connectivity index is 0.000000494. The second-order valence-corrected chi connectivity index (χ2v) is 6.10. The van der Waals surface area contributed by atoms with Crippen LogP contribution in [0.4, 0.5) is 0 Å². The van der Waals surface area contributed by atoms with Crippen molar-refractivity contribution in [1.29, 1.82) is 0 Å². The Kier molecular flexibility index (Phi) is 7.18. The summed E-state index contributed by atoms with van der Waals surface area (Å²) in [5.41, 5.74) is 4.44. The summed E-state index contributed by atoms with van der Waals surface area (Å²) in [6.07, 6.45) is 8.88. The molecule has 1 saturated carbocycles. The molecule has 18 heavy (non-hydrogen) atoms. The summed E-state index contributed by atoms with van der Waals surface area (Å²) < 4.78 is 25.9. The molecule has 0 aromatic heterocycles. The fraction of sp³-hybridized carbons (Fsp3) is 0.571. The van der Waals surface area contributed by atoms with Crippen LogP contribution in [0.2, 0.25) is 0 Å². The zero-order valence-corrected chi connectivity index (χ0v) is 12.5. The second kappa shape index (κ2) is 7.54. The van der Waals surface area contributed by atoms with Crippen molar-refractivity contribution in [3.8, 4) is 0 Å². The van der Waals surface area contributed by atoms with Gasteiger partial charge in [-0.3, -0.25) is 4.55 Å². The third-order valence-electron chi connectivity index (χ3n) is 3.04. The van der Waals surface area contributed by atoms with Gasteiger partial charge in [0.2, 0.25) is 0 Å². The van der Waals surface area contributed by atoms with E-state index in [4.69, 9.17) is 4.55 Å². The smallest absolute Gasteiger partial charge is 0.261 e. The third-order valence-corrected chi connectivity index (χ3v) is 3.04. The largest absolute Gasteiger partial charge is 0.286 e. The lowest BCUT2D eigenvalue weighted by Crippen LogP contribution is -2.10. The van der Waals surface area contributed by atoms with E-state index < -0.39 is 10.1 Å². The number of allylic oxidation sites excluding steroid dienone is 5. The molecule has 0 spiro atoms. The lowest BCUT2D eigenvalue weighted by Gasteiger charge is -2.26. The Hall–Kier alpha value is -0.870. The van der Waals surface area contributed by atoms with Gasteiger partial charge in [-0.05, 0) is 55.7 Å². The Morgan fingerprint density at radius 3 is 2.39 bits per heavy atom. The van der Waals surface area contributed by atoms with Crippen LogP contribution in [0.3, 0.4) is 0 Å². The predicted octanol–water partition coefficient (Wildman–Crippen LogP) is 3.76. The minimum Gasteiger partial charge on any atom is -0.286 e. The average molecular weight is 272 g/mol. The summed E-state index contributed by atoms with van der Waals surface area (Å²) >= 11 is 0. The molecular formula is C14H24O3S. The molecule has 0 bridgehead atoms. The molecule has 0 aromatic rings. The Bertz CT molecular complexity index is 434. The van der Waals surface area contributed by atoms with Gasteiger partial charge in [0.1, 0.15) is 0 Å². The topological polar surface area (TPSA) is 54.4 Å². The van der Waals surface area contributed by atoms with Crippen molar-refractivity contribution in [3.63, 3.8) is 0 Å². The van der Waals surface area contributed by atoms with E-state index in [1.54, 1.807) is 5.57 Å². The van der Waals surface area contributed by atoms with E-state index in [1.807, 2.05) is 6.08 Å². The quantitative estimate of drug-likeness (QED) is 0.739. The molecule has 1 rings (SSSR count). The van der Waals surface area contributed by atoms with Gasteiger partial charge in [0.25, 0.3) is 10.1 Å². The van der Waals surface area contributed by atoms with Crippen molar-refractivity contribution in [3.05, 3.63) is 35.5 Å². The van der Waals surface area contributed by atoms with Crippen molar-refractivity contribution < 1.29 is 13.0 Å². The Morgan fingerprint density at radius 2 is 2.00 bits per heavy atom. The molecule has 3 nitrogen and oxygen atoms in total. The molecule has 0 aliphatic heterocycles. The first-order chi connectivity index (χ1) is 8.20. The zero-order chi connectivity index (χ0) is 14.3. The second-order valence-electron chi connectivity index (χ2n) is 4.64. The zero-order valence-electron chi connectivity index (χ0n) is 11.7. The van der Waals surface area contributed by atoms with E-state index in [-0.39, 0.29) is 0 Å². The summed E-state index contributed by atoms with van der Waals surface area (Å²) in [6, 6.07) is 0. The minimum absolute atomic E-state index is 0.715. The maximum Gasteiger partial charge on any atom is 0.261 e. The van der Waals surface area contributed by atoms with Gasteiger partial charge in [-0.2, -0.15) is 8.42 Å². The van der Waals surface area contributed by atoms with E-state index in [9.17, 15) is 8.42 Å². The van der Waals surface area contributed by atoms with E-state index in [1.165, 1.54) is 30.4 Å². The van der Waals surface area contributed by atoms with Gasteiger partial charge in [0.05, 0.1) is 6.26 Å². The average Bonchev–Trinajstić information content (AvgIpc) is 2.25. The van der Waals surface area contributed by atoms with E-state index in [2.05, 4.69) is 33.4 Å². The molecule has 0 amide bonds. The van der Waals surface area contributed by atoms with Crippen molar-refractivity contribution in [1.82, 2.24) is 0 Å². The molecule has 104 valence electrons. The van der Waals surface area contributed by atoms with Crippen LogP contribution in [0.5, 0.6) is 0 Å². The lowest BCUT2D eigenvalue weighted by molar-refractivity contribution is 0.490. The summed E-state index contributed by atoms with van der Waals surface area (Å²) in [7, 11) is -3.67. The first-order valence-corrected chi connectivity index (χ1v) is 7.96. The number of hydrogen-bond donors (Lipinski definition) is 1. The standard InChI is InChI=1S/C13H20.CH4O3S/c1-5-10(3)13-9-7-8-11(4)12(13)6-2;1-5(2,3)4/h5-6,11H,1,7-9H2,2-4H3;1H3,(H,2,3,4)/b12-6-,13-10-;. The third kappa shape index (κ3) is 6.77. The molecule has 1 aliphatic rings. The monoisotopic (exact) mass is 272 g/mol. The molecule has 1 unspecified atom stereocenters. The van der Waals surface area contributed by atoms with Crippen LogP contribution >= 0.6 is 0 Å². The van der Waals surface area contributed by atoms with Gasteiger partial charge in [-0.1, -0.05) is 25.7 Å². The highest BCUT2D eigenvalue weighted by atomic mass is 32.2. The van der Waals surface area contributed by atoms with Gasteiger partial charge < -0.3 is 0 Å². The van der Waals surface area contributed by atoms with Gasteiger partial charge in [0, 0.05) is 0 Å². The van der Waals surface area contributed by atoms with Crippen LogP contribution in [-0.2, 0) is 10.1 Å². The van der Waals surface area contributed by atoms with Gasteiger partial charge in [-0.15, -0.1) is 0 Å². The van der Waals surface area contributed by atoms with Crippen molar-refractivity contribution in [2.45, 2.75) is 40.0 Å². The lowest BCUT2D eigenvalue weighted by atomic mass is 9.79. The fourth-order valence-corrected chi connectivity index (χ4v) is 2.19. The highest BCUT2D eigenvalue weighted by Gasteiger charge is 2.18. The molecule has 1 atom stereocenters. The van der Waals surface area contributed by atoms with Gasteiger partial charge >= 0.3 is 0 Å². The highest BCUT2D eigenvalue weighted by molar-refractivity contribution is 7.85. The Morgan fingerprint density at radius 1 is 1.50 bits per heavy atom. The Labute approximate surface area is 111 Å². The summed E-state index contributed by atoms with van der Waals surface area (Å²) in [4.78, 5) is 0. The molecule has 0 aromatic carbocycles. The minimum atomic E-state index is -3.67. The van der Waals surface area contributed by atoms with Crippen molar-refractivity contribution in [2.24, 2.45) is 5.92 Å². The molecular weight excluding hydrogens is 248 g/mol. The first-order valence-electron chi connectivity index (χ1n) is 6.11. The van der Waals surface area contributed by atoms with Crippen LogP contribution in [0.25, 0.3) is 0 Å². The van der Waals surface area contributed by atoms with Crippen LogP contribution in [0, 0.1) is 5.92 Å². The number of rotatable bonds is 1. The molecule has 1 aliphatic carbocycles. The summed E-state index contributed by atoms with van der Waals surface area (Å²) in [6.45, 7) is 10.5. The van der Waals surface area contributed by atoms with Crippen LogP contribution in [0.15, 0.2) is 35.5 Å². The van der Waals surface area contributed by atoms with Crippen molar-refractivity contribution in [2.75, 3.05) is 6.26 Å². The van der Waals surface area contributed by atoms with E-state index in [0.29, 0.717) is 6.26 Å². The molecule has 0 radical (unpaired) electrons. The molecule has 1 N–H and O–H groups in total. The number of hydrogen-bond acceptors (Lipinski definition) is 2. The van der Waals surface area contributed by atoms with Crippen LogP contribution in [0.1, 0.15) is 40.0 Å². The summed E-state index contributed by atoms with van der Waals surface area (Å²) in [5.74, 6) is 0.739. The van der Waals surface area contributed by atoms with Gasteiger partial charge in [-0.25, -0.2) is 0 Å². The molecule has 0 heterocycles. The molecule has 4 heteroatoms. The molecule has 0 saturated heterocycles. The summed E-state index contributed by atoms with van der Waals surface area (Å²) in [5, 5.41) is 0. The maximum atomic E-state index is 9.19. The molecule has 1 fully saturated rings. The van der Waals surface area contributed by atoms with Crippen LogP contribution in [-0.4, -0.2) is 19.2 Å². The SMILES string of the molecule is C=C/C(C)=C1/CCCC(C)/C1=C/C.CS(=O)(=O)O. The van der Waals surface area contributed by atoms with E-state index >= 15 is 0 Å². The fourth-order valence-electron chi connectivity index (χ4n) is 2.19. The van der Waals surface area contributed by atoms with Crippen molar-refractivity contribution >= 4 is 10.1 Å². The first kappa shape index (κ1) is 17.1. The van der Waals surface area contributed by atoms with E-state index in [0.717, 1.165) is 5.92 Å². The van der Waals surface area contributed by atoms with Gasteiger partial charge in [0.15, 0.2) is 0 Å². The maximum absolute atomic E-state index is 9.19.